The summed E-state index contributed by atoms with van der Waals surface area (Å²) >= 11 is 0. The second kappa shape index (κ2) is 15.2. The minimum absolute atomic E-state index is 0.155. The maximum Gasteiger partial charge on any atom is 0.356 e. The number of carbonyl (C=O) groups is 3. The Bertz CT molecular complexity index is 987. The van der Waals surface area contributed by atoms with Crippen LogP contribution < -0.4 is 20.7 Å². The summed E-state index contributed by atoms with van der Waals surface area (Å²) in [5.41, 5.74) is 0.502. The van der Waals surface area contributed by atoms with Gasteiger partial charge in [0.2, 0.25) is 12.3 Å². The van der Waals surface area contributed by atoms with Crippen LogP contribution in [0.4, 0.5) is 0 Å². The number of rotatable bonds is 16. The Hall–Kier alpha value is -2.50. The predicted octanol–water partition coefficient (Wildman–Crippen LogP) is 2.12. The zero-order valence-electron chi connectivity index (χ0n) is 22.2. The molecule has 1 aliphatic rings. The van der Waals surface area contributed by atoms with Crippen molar-refractivity contribution in [3.05, 3.63) is 23.8 Å². The molecule has 2 rings (SSSR count). The first-order valence-electron chi connectivity index (χ1n) is 13.0. The summed E-state index contributed by atoms with van der Waals surface area (Å²) in [6.45, 7) is 5.73. The zero-order valence-corrected chi connectivity index (χ0v) is 23.1. The van der Waals surface area contributed by atoms with Gasteiger partial charge in [-0.05, 0) is 56.4 Å². The van der Waals surface area contributed by atoms with E-state index in [0.717, 1.165) is 19.3 Å². The lowest BCUT2D eigenvalue weighted by Gasteiger charge is -2.29. The van der Waals surface area contributed by atoms with E-state index in [1.807, 2.05) is 6.92 Å². The number of unbranched alkanes of at least 4 members (excludes halogenated alkanes) is 2. The van der Waals surface area contributed by atoms with Crippen LogP contribution in [0.3, 0.4) is 0 Å². The maximum absolute atomic E-state index is 12.9. The van der Waals surface area contributed by atoms with Crippen molar-refractivity contribution in [2.24, 2.45) is 5.92 Å². The van der Waals surface area contributed by atoms with Crippen molar-refractivity contribution < 1.29 is 43.4 Å². The normalized spacial score (nSPS) is 18.9. The van der Waals surface area contributed by atoms with Crippen molar-refractivity contribution in [2.45, 2.75) is 84.0 Å². The molecule has 1 fully saturated rings. The summed E-state index contributed by atoms with van der Waals surface area (Å²) in [6.07, 6.45) is 3.26. The van der Waals surface area contributed by atoms with E-state index in [-0.39, 0.29) is 24.3 Å². The summed E-state index contributed by atoms with van der Waals surface area (Å²) in [5, 5.41) is 15.6. The van der Waals surface area contributed by atoms with Crippen molar-refractivity contribution >= 4 is 31.1 Å². The molecule has 0 saturated carbocycles. The van der Waals surface area contributed by atoms with Crippen molar-refractivity contribution in [1.29, 1.82) is 0 Å². The smallest absolute Gasteiger partial charge is 0.356 e. The fourth-order valence-corrected chi connectivity index (χ4v) is 5.21. The molecule has 4 atom stereocenters. The molecule has 1 aliphatic heterocycles. The van der Waals surface area contributed by atoms with Gasteiger partial charge in [0.05, 0.1) is 36.6 Å². The molecule has 0 aliphatic carbocycles. The van der Waals surface area contributed by atoms with Gasteiger partial charge in [0, 0.05) is 0 Å². The summed E-state index contributed by atoms with van der Waals surface area (Å²) in [7, 11) is -4.52. The molecule has 12 nitrogen and oxygen atoms in total. The van der Waals surface area contributed by atoms with E-state index in [1.165, 1.54) is 12.1 Å². The summed E-state index contributed by atoms with van der Waals surface area (Å²) < 4.78 is 23.1. The highest BCUT2D eigenvalue weighted by molar-refractivity contribution is 7.60. The zero-order chi connectivity index (χ0) is 28.3. The van der Waals surface area contributed by atoms with Crippen LogP contribution >= 0.6 is 7.60 Å². The molecular weight excluding hydrogens is 517 g/mol. The molecule has 0 radical (unpaired) electrons. The van der Waals surface area contributed by atoms with Crippen molar-refractivity contribution in [1.82, 2.24) is 15.7 Å². The largest absolute Gasteiger partial charge is 0.494 e. The SMILES string of the molecule is CCCCCC(C(=O)NCNC(=O)C1CCC(c2cc(OCC)cc(P(=O)(O)O)c2)O1)C(CC)N(O)C=O. The van der Waals surface area contributed by atoms with E-state index >= 15 is 0 Å². The average Bonchev–Trinajstić information content (AvgIpc) is 3.38. The summed E-state index contributed by atoms with van der Waals surface area (Å²) in [6, 6.07) is 3.62. The Morgan fingerprint density at radius 2 is 1.92 bits per heavy atom. The molecule has 1 saturated heterocycles. The van der Waals surface area contributed by atoms with Crippen LogP contribution in [0.5, 0.6) is 5.75 Å². The van der Waals surface area contributed by atoms with Crippen LogP contribution in [0, 0.1) is 5.92 Å². The Kier molecular flexibility index (Phi) is 12.7. The van der Waals surface area contributed by atoms with Crippen LogP contribution in [0.2, 0.25) is 0 Å². The molecule has 1 aromatic carbocycles. The van der Waals surface area contributed by atoms with E-state index < -0.39 is 37.7 Å². The number of hydroxylamine groups is 2. The number of nitrogens with zero attached hydrogens (tertiary/aromatic N) is 1. The molecule has 1 aromatic rings. The minimum Gasteiger partial charge on any atom is -0.494 e. The molecule has 0 bridgehead atoms. The lowest BCUT2D eigenvalue weighted by Crippen LogP contribution is -2.48. The quantitative estimate of drug-likeness (QED) is 0.0509. The Balaban J connectivity index is 1.98. The fraction of sp³-hybridized carbons (Fsp3) is 0.640. The van der Waals surface area contributed by atoms with Gasteiger partial charge in [0.15, 0.2) is 0 Å². The first-order chi connectivity index (χ1) is 18.0. The van der Waals surface area contributed by atoms with Crippen molar-refractivity contribution in [3.8, 4) is 5.75 Å². The Morgan fingerprint density at radius 3 is 2.53 bits per heavy atom. The molecule has 3 amide bonds. The highest BCUT2D eigenvalue weighted by Gasteiger charge is 2.34. The fourth-order valence-electron chi connectivity index (χ4n) is 4.60. The second-order valence-corrected chi connectivity index (χ2v) is 10.9. The van der Waals surface area contributed by atoms with E-state index in [4.69, 9.17) is 9.47 Å². The molecule has 1 heterocycles. The number of ether oxygens (including phenoxy) is 2. The van der Waals surface area contributed by atoms with Crippen molar-refractivity contribution in [2.75, 3.05) is 13.3 Å². The molecule has 0 aromatic heterocycles. The van der Waals surface area contributed by atoms with Gasteiger partial charge in [0.1, 0.15) is 11.9 Å². The molecule has 214 valence electrons. The van der Waals surface area contributed by atoms with Crippen LogP contribution in [-0.4, -0.2) is 63.7 Å². The molecule has 4 unspecified atom stereocenters. The third-order valence-electron chi connectivity index (χ3n) is 6.56. The number of carbonyl (C=O) groups excluding carboxylic acids is 3. The van der Waals surface area contributed by atoms with Gasteiger partial charge in [-0.3, -0.25) is 24.2 Å². The maximum atomic E-state index is 12.9. The molecule has 13 heteroatoms. The van der Waals surface area contributed by atoms with Gasteiger partial charge in [-0.1, -0.05) is 33.1 Å². The lowest BCUT2D eigenvalue weighted by molar-refractivity contribution is -0.168. The number of benzene rings is 1. The number of hydrogen-bond acceptors (Lipinski definition) is 7. The van der Waals surface area contributed by atoms with E-state index in [1.54, 1.807) is 19.9 Å². The number of amides is 3. The molecular formula is C25H40N3O9P. The predicted molar refractivity (Wildman–Crippen MR) is 139 cm³/mol. The monoisotopic (exact) mass is 557 g/mol. The molecule has 0 spiro atoms. The third kappa shape index (κ3) is 9.06. The van der Waals surface area contributed by atoms with Gasteiger partial charge >= 0.3 is 7.60 Å². The van der Waals surface area contributed by atoms with Crippen molar-refractivity contribution in [3.63, 3.8) is 0 Å². The van der Waals surface area contributed by atoms with Gasteiger partial charge in [-0.2, -0.15) is 0 Å². The Labute approximate surface area is 223 Å². The van der Waals surface area contributed by atoms with Crippen LogP contribution in [0.25, 0.3) is 0 Å². The molecule has 5 N–H and O–H groups in total. The van der Waals surface area contributed by atoms with Crippen LogP contribution in [0.1, 0.15) is 77.4 Å². The summed E-state index contributed by atoms with van der Waals surface area (Å²) in [4.78, 5) is 55.9. The van der Waals surface area contributed by atoms with E-state index in [2.05, 4.69) is 10.6 Å². The third-order valence-corrected chi connectivity index (χ3v) is 7.49. The standard InChI is InChI=1S/C25H40N3O9P/c1-4-7-8-9-20(21(5-2)28(32)16-29)24(30)26-15-27-25(31)23-11-10-22(37-23)17-12-18(36-6-3)14-19(13-17)38(33,34)35/h12-14,16,20-23,32H,4-11,15H2,1-3H3,(H,26,30)(H,27,31)(H2,33,34,35). The van der Waals surface area contributed by atoms with E-state index in [9.17, 15) is 33.9 Å². The van der Waals surface area contributed by atoms with Gasteiger partial charge in [-0.15, -0.1) is 0 Å². The number of nitrogens with one attached hydrogen (secondary N) is 2. The van der Waals surface area contributed by atoms with E-state index in [0.29, 0.717) is 48.7 Å². The van der Waals surface area contributed by atoms with Gasteiger partial charge in [0.25, 0.3) is 5.91 Å². The lowest BCUT2D eigenvalue weighted by atomic mass is 9.90. The minimum atomic E-state index is -4.52. The van der Waals surface area contributed by atoms with Crippen LogP contribution in [-0.2, 0) is 23.7 Å². The average molecular weight is 558 g/mol. The summed E-state index contributed by atoms with van der Waals surface area (Å²) in [5.74, 6) is -1.14. The second-order valence-electron chi connectivity index (χ2n) is 9.25. The highest BCUT2D eigenvalue weighted by Crippen LogP contribution is 2.39. The van der Waals surface area contributed by atoms with Crippen LogP contribution in [0.15, 0.2) is 18.2 Å². The first-order valence-corrected chi connectivity index (χ1v) is 14.6. The van der Waals surface area contributed by atoms with Gasteiger partial charge in [-0.25, -0.2) is 5.06 Å². The van der Waals surface area contributed by atoms with Gasteiger partial charge < -0.3 is 29.9 Å². The first kappa shape index (κ1) is 31.7. The number of hydrogen-bond donors (Lipinski definition) is 5. The molecule has 38 heavy (non-hydrogen) atoms. The topological polar surface area (TPSA) is 175 Å². The highest BCUT2D eigenvalue weighted by atomic mass is 31.2. The Morgan fingerprint density at radius 1 is 1.18 bits per heavy atom.